The second-order valence-electron chi connectivity index (χ2n) is 2.57. The number of hydrogen-bond donors (Lipinski definition) is 0. The van der Waals surface area contributed by atoms with Crippen LogP contribution in [0.1, 0.15) is 27.7 Å². The first kappa shape index (κ1) is 10.2. The fraction of sp³-hybridized carbons (Fsp3) is 0.667. The SMILES string of the molecule is CCN(CC)/C(C)=C\C(C)=O. The third-order valence-electron chi connectivity index (χ3n) is 1.67. The Morgan fingerprint density at radius 3 is 2.00 bits per heavy atom. The summed E-state index contributed by atoms with van der Waals surface area (Å²) < 4.78 is 0. The van der Waals surface area contributed by atoms with E-state index < -0.39 is 0 Å². The van der Waals surface area contributed by atoms with Crippen molar-refractivity contribution in [3.63, 3.8) is 0 Å². The predicted molar refractivity (Wildman–Crippen MR) is 47.4 cm³/mol. The van der Waals surface area contributed by atoms with Crippen molar-refractivity contribution >= 4 is 5.78 Å². The Morgan fingerprint density at radius 2 is 1.73 bits per heavy atom. The fourth-order valence-electron chi connectivity index (χ4n) is 1.11. The average Bonchev–Trinajstić information content (AvgIpc) is 1.88. The maximum Gasteiger partial charge on any atom is 0.154 e. The van der Waals surface area contributed by atoms with Gasteiger partial charge in [-0.05, 0) is 33.8 Å². The molecule has 11 heavy (non-hydrogen) atoms. The van der Waals surface area contributed by atoms with Crippen LogP contribution in [0.4, 0.5) is 0 Å². The van der Waals surface area contributed by atoms with Gasteiger partial charge in [-0.3, -0.25) is 4.79 Å². The summed E-state index contributed by atoms with van der Waals surface area (Å²) in [6.07, 6.45) is 1.67. The first-order valence-electron chi connectivity index (χ1n) is 4.05. The second-order valence-corrected chi connectivity index (χ2v) is 2.57. The van der Waals surface area contributed by atoms with Crippen LogP contribution in [0.5, 0.6) is 0 Å². The number of carbonyl (C=O) groups excluding carboxylic acids is 1. The van der Waals surface area contributed by atoms with E-state index in [1.165, 1.54) is 0 Å². The molecule has 0 fully saturated rings. The lowest BCUT2D eigenvalue weighted by molar-refractivity contribution is -0.112. The molecule has 0 radical (unpaired) electrons. The predicted octanol–water partition coefficient (Wildman–Crippen LogP) is 1.82. The third-order valence-corrected chi connectivity index (χ3v) is 1.67. The van der Waals surface area contributed by atoms with Crippen molar-refractivity contribution in [3.05, 3.63) is 11.8 Å². The summed E-state index contributed by atoms with van der Waals surface area (Å²) >= 11 is 0. The summed E-state index contributed by atoms with van der Waals surface area (Å²) in [4.78, 5) is 12.8. The molecule has 0 aromatic heterocycles. The minimum absolute atomic E-state index is 0.120. The largest absolute Gasteiger partial charge is 0.376 e. The van der Waals surface area contributed by atoms with Crippen LogP contribution in [0.2, 0.25) is 0 Å². The molecule has 0 heterocycles. The minimum Gasteiger partial charge on any atom is -0.376 e. The van der Waals surface area contributed by atoms with Crippen molar-refractivity contribution in [2.75, 3.05) is 13.1 Å². The van der Waals surface area contributed by atoms with E-state index >= 15 is 0 Å². The molecule has 0 amide bonds. The van der Waals surface area contributed by atoms with Crippen molar-refractivity contribution < 1.29 is 4.79 Å². The molecule has 0 aromatic rings. The number of hydrogen-bond acceptors (Lipinski definition) is 2. The van der Waals surface area contributed by atoms with Gasteiger partial charge >= 0.3 is 0 Å². The minimum atomic E-state index is 0.120. The molecule has 0 saturated carbocycles. The van der Waals surface area contributed by atoms with Crippen molar-refractivity contribution in [1.82, 2.24) is 4.90 Å². The van der Waals surface area contributed by atoms with Gasteiger partial charge in [-0.1, -0.05) is 0 Å². The molecule has 64 valence electrons. The van der Waals surface area contributed by atoms with Gasteiger partial charge in [0, 0.05) is 18.8 Å². The maximum absolute atomic E-state index is 10.7. The third kappa shape index (κ3) is 3.81. The number of ketones is 1. The summed E-state index contributed by atoms with van der Waals surface area (Å²) in [5.41, 5.74) is 1.06. The number of allylic oxidation sites excluding steroid dienone is 2. The van der Waals surface area contributed by atoms with Gasteiger partial charge in [-0.25, -0.2) is 0 Å². The highest BCUT2D eigenvalue weighted by atomic mass is 16.1. The van der Waals surface area contributed by atoms with E-state index in [1.54, 1.807) is 13.0 Å². The molecule has 0 spiro atoms. The van der Waals surface area contributed by atoms with E-state index in [1.807, 2.05) is 6.92 Å². The van der Waals surface area contributed by atoms with Crippen molar-refractivity contribution in [2.24, 2.45) is 0 Å². The maximum atomic E-state index is 10.7. The van der Waals surface area contributed by atoms with Crippen LogP contribution in [-0.2, 0) is 4.79 Å². The summed E-state index contributed by atoms with van der Waals surface area (Å²) in [6.45, 7) is 9.64. The van der Waals surface area contributed by atoms with Crippen LogP contribution in [0, 0.1) is 0 Å². The van der Waals surface area contributed by atoms with Crippen molar-refractivity contribution in [3.8, 4) is 0 Å². The monoisotopic (exact) mass is 155 g/mol. The van der Waals surface area contributed by atoms with Crippen LogP contribution in [0.3, 0.4) is 0 Å². The Morgan fingerprint density at radius 1 is 1.27 bits per heavy atom. The van der Waals surface area contributed by atoms with Crippen LogP contribution in [0.15, 0.2) is 11.8 Å². The van der Waals surface area contributed by atoms with Crippen LogP contribution in [0.25, 0.3) is 0 Å². The molecule has 0 unspecified atom stereocenters. The van der Waals surface area contributed by atoms with Gasteiger partial charge in [0.1, 0.15) is 0 Å². The molecule has 0 N–H and O–H groups in total. The zero-order valence-corrected chi connectivity index (χ0v) is 7.85. The van der Waals surface area contributed by atoms with E-state index in [0.29, 0.717) is 0 Å². The molecule has 0 saturated heterocycles. The first-order chi connectivity index (χ1) is 5.11. The topological polar surface area (TPSA) is 20.3 Å². The van der Waals surface area contributed by atoms with Gasteiger partial charge in [-0.2, -0.15) is 0 Å². The van der Waals surface area contributed by atoms with Crippen LogP contribution >= 0.6 is 0 Å². The zero-order chi connectivity index (χ0) is 8.85. The summed E-state index contributed by atoms with van der Waals surface area (Å²) in [6, 6.07) is 0. The first-order valence-corrected chi connectivity index (χ1v) is 4.05. The molecule has 0 aliphatic heterocycles. The van der Waals surface area contributed by atoms with E-state index in [4.69, 9.17) is 0 Å². The molecule has 0 atom stereocenters. The Balaban J connectivity index is 4.18. The van der Waals surface area contributed by atoms with E-state index in [9.17, 15) is 4.79 Å². The van der Waals surface area contributed by atoms with Gasteiger partial charge in [0.2, 0.25) is 0 Å². The van der Waals surface area contributed by atoms with E-state index in [-0.39, 0.29) is 5.78 Å². The Bertz CT molecular complexity index is 157. The highest BCUT2D eigenvalue weighted by Gasteiger charge is 1.99. The lowest BCUT2D eigenvalue weighted by Gasteiger charge is -2.20. The Labute approximate surface area is 68.9 Å². The van der Waals surface area contributed by atoms with Gasteiger partial charge in [0.25, 0.3) is 0 Å². The van der Waals surface area contributed by atoms with E-state index in [2.05, 4.69) is 18.7 Å². The number of carbonyl (C=O) groups is 1. The zero-order valence-electron chi connectivity index (χ0n) is 7.85. The quantitative estimate of drug-likeness (QED) is 0.577. The second kappa shape index (κ2) is 4.94. The fourth-order valence-corrected chi connectivity index (χ4v) is 1.11. The van der Waals surface area contributed by atoms with Gasteiger partial charge in [-0.15, -0.1) is 0 Å². The summed E-state index contributed by atoms with van der Waals surface area (Å²) in [5, 5.41) is 0. The molecule has 2 heteroatoms. The van der Waals surface area contributed by atoms with Gasteiger partial charge in [0.05, 0.1) is 0 Å². The molecule has 0 aliphatic carbocycles. The Kier molecular flexibility index (Phi) is 4.59. The van der Waals surface area contributed by atoms with Gasteiger partial charge in [0.15, 0.2) is 5.78 Å². The molecule has 0 rings (SSSR count). The highest BCUT2D eigenvalue weighted by Crippen LogP contribution is 2.01. The highest BCUT2D eigenvalue weighted by molar-refractivity contribution is 5.87. The molecule has 0 aromatic carbocycles. The molecule has 0 aliphatic rings. The lowest BCUT2D eigenvalue weighted by atomic mass is 10.3. The average molecular weight is 155 g/mol. The van der Waals surface area contributed by atoms with Crippen molar-refractivity contribution in [1.29, 1.82) is 0 Å². The standard InChI is InChI=1S/C9H17NO/c1-5-10(6-2)8(3)7-9(4)11/h7H,5-6H2,1-4H3/b8-7-. The lowest BCUT2D eigenvalue weighted by Crippen LogP contribution is -2.20. The van der Waals surface area contributed by atoms with Crippen LogP contribution in [-0.4, -0.2) is 23.8 Å². The molecular formula is C9H17NO. The van der Waals surface area contributed by atoms with Crippen LogP contribution < -0.4 is 0 Å². The van der Waals surface area contributed by atoms with Crippen molar-refractivity contribution in [2.45, 2.75) is 27.7 Å². The normalized spacial score (nSPS) is 11.5. The number of rotatable bonds is 4. The number of nitrogens with zero attached hydrogens (tertiary/aromatic N) is 1. The summed E-state index contributed by atoms with van der Waals surface area (Å²) in [7, 11) is 0. The smallest absolute Gasteiger partial charge is 0.154 e. The Hall–Kier alpha value is -0.790. The molecule has 2 nitrogen and oxygen atoms in total. The summed E-state index contributed by atoms with van der Waals surface area (Å²) in [5.74, 6) is 0.120. The van der Waals surface area contributed by atoms with Gasteiger partial charge < -0.3 is 4.90 Å². The van der Waals surface area contributed by atoms with E-state index in [0.717, 1.165) is 18.8 Å². The molecular weight excluding hydrogens is 138 g/mol. The molecule has 0 bridgehead atoms.